The molecule has 3 aromatic heterocycles. The monoisotopic (exact) mass is 344 g/mol. The molecular formula is C11H6F2N4OS3. The van der Waals surface area contributed by atoms with E-state index >= 15 is 0 Å². The summed E-state index contributed by atoms with van der Waals surface area (Å²) in [6.07, 6.45) is -1.25. The minimum atomic E-state index is -2.69. The van der Waals surface area contributed by atoms with Crippen molar-refractivity contribution in [2.24, 2.45) is 0 Å². The summed E-state index contributed by atoms with van der Waals surface area (Å²) in [7, 11) is 0. The number of nitrogens with one attached hydrogen (secondary N) is 1. The molecule has 3 aromatic rings. The molecule has 1 amide bonds. The fourth-order valence-electron chi connectivity index (χ4n) is 1.43. The molecule has 0 aliphatic heterocycles. The molecule has 1 N–H and O–H groups in total. The maximum absolute atomic E-state index is 12.4. The summed E-state index contributed by atoms with van der Waals surface area (Å²) in [6.45, 7) is 0. The number of anilines is 1. The van der Waals surface area contributed by atoms with Crippen molar-refractivity contribution in [3.05, 3.63) is 32.9 Å². The van der Waals surface area contributed by atoms with Gasteiger partial charge in [0.15, 0.2) is 5.01 Å². The second-order valence-corrected chi connectivity index (χ2v) is 6.56. The largest absolute Gasteiger partial charge is 0.296 e. The number of halogens is 2. The minimum Gasteiger partial charge on any atom is -0.296 e. The lowest BCUT2D eigenvalue weighted by molar-refractivity contribution is 0.103. The van der Waals surface area contributed by atoms with Gasteiger partial charge in [0.05, 0.1) is 6.20 Å². The summed E-state index contributed by atoms with van der Waals surface area (Å²) in [5, 5.41) is 13.4. The Morgan fingerprint density at radius 3 is 2.81 bits per heavy atom. The van der Waals surface area contributed by atoms with E-state index in [1.807, 2.05) is 16.8 Å². The van der Waals surface area contributed by atoms with E-state index in [2.05, 4.69) is 20.5 Å². The Morgan fingerprint density at radius 1 is 1.29 bits per heavy atom. The highest BCUT2D eigenvalue weighted by molar-refractivity contribution is 7.18. The Kier molecular flexibility index (Phi) is 3.99. The van der Waals surface area contributed by atoms with Crippen molar-refractivity contribution in [2.75, 3.05) is 5.32 Å². The third kappa shape index (κ3) is 3.12. The molecule has 0 saturated carbocycles. The number of rotatable bonds is 4. The van der Waals surface area contributed by atoms with E-state index in [0.29, 0.717) is 16.2 Å². The van der Waals surface area contributed by atoms with Crippen LogP contribution in [0.1, 0.15) is 21.1 Å². The van der Waals surface area contributed by atoms with Crippen molar-refractivity contribution in [3.8, 4) is 10.6 Å². The van der Waals surface area contributed by atoms with Crippen molar-refractivity contribution < 1.29 is 13.6 Å². The fourth-order valence-corrected chi connectivity index (χ4v) is 3.55. The zero-order chi connectivity index (χ0) is 14.8. The van der Waals surface area contributed by atoms with Gasteiger partial charge in [0.25, 0.3) is 12.3 Å². The summed E-state index contributed by atoms with van der Waals surface area (Å²) < 4.78 is 24.8. The lowest BCUT2D eigenvalue weighted by atomic mass is 10.4. The summed E-state index contributed by atoms with van der Waals surface area (Å²) in [6, 6.07) is 1.91. The van der Waals surface area contributed by atoms with Crippen LogP contribution in [0, 0.1) is 0 Å². The van der Waals surface area contributed by atoms with Gasteiger partial charge in [-0.25, -0.2) is 13.8 Å². The highest BCUT2D eigenvalue weighted by Gasteiger charge is 2.17. The lowest BCUT2D eigenvalue weighted by Crippen LogP contribution is -2.09. The Labute approximate surface area is 129 Å². The van der Waals surface area contributed by atoms with Crippen LogP contribution in [-0.4, -0.2) is 21.1 Å². The zero-order valence-electron chi connectivity index (χ0n) is 10.1. The number of alkyl halides is 2. The first kappa shape index (κ1) is 14.2. The molecule has 0 saturated heterocycles. The van der Waals surface area contributed by atoms with Crippen LogP contribution in [0.4, 0.5) is 13.9 Å². The summed E-state index contributed by atoms with van der Waals surface area (Å²) >= 11 is 3.41. The maximum atomic E-state index is 12.4. The second-order valence-electron chi connectivity index (χ2n) is 3.74. The third-order valence-corrected chi connectivity index (χ3v) is 4.92. The molecule has 108 valence electrons. The standard InChI is InChI=1S/C11H6F2N4OS3/c12-7(13)10-16-17-11(21-10)15-8(18)6-3-14-9(20-6)5-1-2-19-4-5/h1-4,7H,(H,15,17,18). The molecule has 3 heterocycles. The number of aromatic nitrogens is 3. The molecule has 0 atom stereocenters. The van der Waals surface area contributed by atoms with Gasteiger partial charge in [-0.1, -0.05) is 11.3 Å². The van der Waals surface area contributed by atoms with Crippen molar-refractivity contribution in [1.29, 1.82) is 0 Å². The van der Waals surface area contributed by atoms with Gasteiger partial charge in [-0.05, 0) is 11.4 Å². The van der Waals surface area contributed by atoms with Gasteiger partial charge in [-0.2, -0.15) is 11.3 Å². The Balaban J connectivity index is 1.73. The van der Waals surface area contributed by atoms with Crippen LogP contribution in [0.15, 0.2) is 23.0 Å². The van der Waals surface area contributed by atoms with Gasteiger partial charge in [-0.15, -0.1) is 21.5 Å². The first-order chi connectivity index (χ1) is 10.1. The van der Waals surface area contributed by atoms with Crippen LogP contribution in [0.2, 0.25) is 0 Å². The predicted octanol–water partition coefficient (Wildman–Crippen LogP) is 3.91. The van der Waals surface area contributed by atoms with Crippen LogP contribution in [0.3, 0.4) is 0 Å². The second kappa shape index (κ2) is 5.92. The van der Waals surface area contributed by atoms with Crippen molar-refractivity contribution in [2.45, 2.75) is 6.43 Å². The number of hydrogen-bond acceptors (Lipinski definition) is 7. The van der Waals surface area contributed by atoms with E-state index in [0.717, 1.165) is 10.6 Å². The normalized spacial score (nSPS) is 11.0. The molecule has 0 fully saturated rings. The molecular weight excluding hydrogens is 338 g/mol. The molecule has 0 bridgehead atoms. The van der Waals surface area contributed by atoms with Crippen molar-refractivity contribution in [1.82, 2.24) is 15.2 Å². The molecule has 0 unspecified atom stereocenters. The summed E-state index contributed by atoms with van der Waals surface area (Å²) in [5.74, 6) is -0.439. The van der Waals surface area contributed by atoms with E-state index < -0.39 is 17.3 Å². The van der Waals surface area contributed by atoms with Crippen molar-refractivity contribution in [3.63, 3.8) is 0 Å². The number of nitrogens with zero attached hydrogens (tertiary/aromatic N) is 3. The number of amides is 1. The predicted molar refractivity (Wildman–Crippen MR) is 78.2 cm³/mol. The van der Waals surface area contributed by atoms with E-state index in [1.165, 1.54) is 28.9 Å². The number of thiophene rings is 1. The fraction of sp³-hybridized carbons (Fsp3) is 0.0909. The van der Waals surface area contributed by atoms with Gasteiger partial charge in [-0.3, -0.25) is 10.1 Å². The van der Waals surface area contributed by atoms with E-state index in [9.17, 15) is 13.6 Å². The highest BCUT2D eigenvalue weighted by Crippen LogP contribution is 2.28. The van der Waals surface area contributed by atoms with Crippen molar-refractivity contribution >= 4 is 45.0 Å². The Bertz CT molecular complexity index is 753. The first-order valence-electron chi connectivity index (χ1n) is 5.55. The summed E-state index contributed by atoms with van der Waals surface area (Å²) in [5.41, 5.74) is 0.944. The molecule has 0 radical (unpaired) electrons. The summed E-state index contributed by atoms with van der Waals surface area (Å²) in [4.78, 5) is 16.5. The molecule has 0 spiro atoms. The van der Waals surface area contributed by atoms with E-state index in [4.69, 9.17) is 0 Å². The van der Waals surface area contributed by atoms with Crippen LogP contribution in [0.5, 0.6) is 0 Å². The topological polar surface area (TPSA) is 67.8 Å². The molecule has 5 nitrogen and oxygen atoms in total. The molecule has 3 rings (SSSR count). The molecule has 0 aromatic carbocycles. The molecule has 0 aliphatic carbocycles. The van der Waals surface area contributed by atoms with Gasteiger partial charge < -0.3 is 0 Å². The molecule has 0 aliphatic rings. The number of hydrogen-bond donors (Lipinski definition) is 1. The van der Waals surface area contributed by atoms with Gasteiger partial charge >= 0.3 is 0 Å². The van der Waals surface area contributed by atoms with Gasteiger partial charge in [0.2, 0.25) is 5.13 Å². The van der Waals surface area contributed by atoms with Crippen LogP contribution < -0.4 is 5.32 Å². The third-order valence-electron chi connectivity index (χ3n) is 2.35. The first-order valence-corrected chi connectivity index (χ1v) is 8.12. The SMILES string of the molecule is O=C(Nc1nnc(C(F)F)s1)c1cnc(-c2ccsc2)s1. The zero-order valence-corrected chi connectivity index (χ0v) is 12.6. The number of carbonyl (C=O) groups excluding carboxylic acids is 1. The van der Waals surface area contributed by atoms with E-state index in [1.54, 1.807) is 0 Å². The average Bonchev–Trinajstić information content (AvgIpc) is 3.19. The van der Waals surface area contributed by atoms with Gasteiger partial charge in [0, 0.05) is 10.9 Å². The van der Waals surface area contributed by atoms with Crippen LogP contribution in [-0.2, 0) is 0 Å². The number of thiazole rings is 1. The Morgan fingerprint density at radius 2 is 2.14 bits per heavy atom. The van der Waals surface area contributed by atoms with Gasteiger partial charge in [0.1, 0.15) is 9.88 Å². The highest BCUT2D eigenvalue weighted by atomic mass is 32.1. The van der Waals surface area contributed by atoms with E-state index in [-0.39, 0.29) is 5.13 Å². The average molecular weight is 344 g/mol. The lowest BCUT2D eigenvalue weighted by Gasteiger charge is -1.96. The minimum absolute atomic E-state index is 0.0424. The van der Waals surface area contributed by atoms with Crippen LogP contribution >= 0.6 is 34.0 Å². The maximum Gasteiger partial charge on any atom is 0.291 e. The number of carbonyl (C=O) groups is 1. The quantitative estimate of drug-likeness (QED) is 0.779. The Hall–Kier alpha value is -1.78. The van der Waals surface area contributed by atoms with Crippen LogP contribution in [0.25, 0.3) is 10.6 Å². The molecule has 10 heteroatoms. The smallest absolute Gasteiger partial charge is 0.291 e. The molecule has 21 heavy (non-hydrogen) atoms.